The van der Waals surface area contributed by atoms with Gasteiger partial charge in [-0.3, -0.25) is 19.7 Å². The van der Waals surface area contributed by atoms with E-state index >= 15 is 0 Å². The molecule has 0 radical (unpaired) electrons. The van der Waals surface area contributed by atoms with E-state index in [1.807, 2.05) is 0 Å². The average Bonchev–Trinajstić information content (AvgIpc) is 2.28. The number of nitrogens with one attached hydrogen (secondary N) is 1. The highest BCUT2D eigenvalue weighted by Crippen LogP contribution is 2.18. The summed E-state index contributed by atoms with van der Waals surface area (Å²) in [5.41, 5.74) is -0.852. The van der Waals surface area contributed by atoms with Crippen molar-refractivity contribution in [1.82, 2.24) is 5.32 Å². The van der Waals surface area contributed by atoms with Gasteiger partial charge in [0.25, 0.3) is 5.91 Å². The quantitative estimate of drug-likeness (QED) is 0.650. The molecule has 0 fully saturated rings. The van der Waals surface area contributed by atoms with Crippen LogP contribution in [0.3, 0.4) is 0 Å². The van der Waals surface area contributed by atoms with Gasteiger partial charge in [0, 0.05) is 11.6 Å². The van der Waals surface area contributed by atoms with Gasteiger partial charge in [0.15, 0.2) is 5.78 Å². The van der Waals surface area contributed by atoms with E-state index in [0.717, 1.165) is 18.2 Å². The van der Waals surface area contributed by atoms with Gasteiger partial charge < -0.3 is 5.32 Å². The van der Waals surface area contributed by atoms with Crippen molar-refractivity contribution in [3.63, 3.8) is 0 Å². The van der Waals surface area contributed by atoms with Gasteiger partial charge in [-0.05, 0) is 26.0 Å². The molecule has 1 aromatic carbocycles. The number of amides is 1. The van der Waals surface area contributed by atoms with E-state index < -0.39 is 28.4 Å². The Bertz CT molecular complexity index is 516. The van der Waals surface area contributed by atoms with E-state index in [2.05, 4.69) is 5.32 Å². The third-order valence-electron chi connectivity index (χ3n) is 2.36. The van der Waals surface area contributed by atoms with E-state index in [4.69, 9.17) is 0 Å². The summed E-state index contributed by atoms with van der Waals surface area (Å²) in [6.07, 6.45) is 0. The lowest BCUT2D eigenvalue weighted by Gasteiger charge is -2.10. The van der Waals surface area contributed by atoms with Crippen LogP contribution in [0.2, 0.25) is 0 Å². The number of nitrogens with zero attached hydrogens (tertiary/aromatic N) is 1. The molecule has 0 aliphatic carbocycles. The van der Waals surface area contributed by atoms with Gasteiger partial charge in [-0.2, -0.15) is 4.39 Å². The summed E-state index contributed by atoms with van der Waals surface area (Å²) in [5.74, 6) is -1.93. The summed E-state index contributed by atoms with van der Waals surface area (Å²) in [5, 5.41) is 12.9. The molecule has 96 valence electrons. The van der Waals surface area contributed by atoms with Crippen LogP contribution in [0.4, 0.5) is 10.1 Å². The summed E-state index contributed by atoms with van der Waals surface area (Å²) >= 11 is 0. The molecular formula is C11H11FN2O4. The number of halogens is 1. The molecule has 1 amide bonds. The number of carbonyl (C=O) groups is 2. The van der Waals surface area contributed by atoms with E-state index in [-0.39, 0.29) is 11.3 Å². The highest BCUT2D eigenvalue weighted by molar-refractivity contribution is 5.97. The highest BCUT2D eigenvalue weighted by Gasteiger charge is 2.19. The smallest absolute Gasteiger partial charge is 0.305 e. The van der Waals surface area contributed by atoms with E-state index in [9.17, 15) is 24.1 Å². The summed E-state index contributed by atoms with van der Waals surface area (Å²) in [4.78, 5) is 32.2. The summed E-state index contributed by atoms with van der Waals surface area (Å²) in [7, 11) is 0. The van der Waals surface area contributed by atoms with Crippen LogP contribution < -0.4 is 5.32 Å². The highest BCUT2D eigenvalue weighted by atomic mass is 19.1. The van der Waals surface area contributed by atoms with Crippen LogP contribution in [-0.2, 0) is 4.79 Å². The van der Waals surface area contributed by atoms with E-state index in [0.29, 0.717) is 0 Å². The fourth-order valence-electron chi connectivity index (χ4n) is 1.18. The number of benzene rings is 1. The first-order valence-electron chi connectivity index (χ1n) is 5.08. The number of Topliss-reactive ketones (excluding diaryl/α,β-unsaturated/α-hetero) is 1. The number of hydrogen-bond acceptors (Lipinski definition) is 4. The number of hydrogen-bond donors (Lipinski definition) is 1. The Morgan fingerprint density at radius 1 is 1.44 bits per heavy atom. The minimum atomic E-state index is -1.02. The van der Waals surface area contributed by atoms with Crippen LogP contribution in [0.15, 0.2) is 18.2 Å². The first-order valence-corrected chi connectivity index (χ1v) is 5.08. The van der Waals surface area contributed by atoms with E-state index in [1.165, 1.54) is 13.8 Å². The van der Waals surface area contributed by atoms with Crippen LogP contribution in [0.5, 0.6) is 0 Å². The van der Waals surface area contributed by atoms with Crippen molar-refractivity contribution >= 4 is 17.4 Å². The Morgan fingerprint density at radius 3 is 2.56 bits per heavy atom. The number of ketones is 1. The predicted octanol–water partition coefficient (Wildman–Crippen LogP) is 1.44. The molecule has 0 spiro atoms. The number of carbonyl (C=O) groups excluding carboxylic acids is 2. The maximum Gasteiger partial charge on any atom is 0.305 e. The molecular weight excluding hydrogens is 243 g/mol. The molecule has 7 heteroatoms. The molecule has 0 aliphatic heterocycles. The lowest BCUT2D eigenvalue weighted by atomic mass is 10.1. The van der Waals surface area contributed by atoms with Crippen LogP contribution in [0.25, 0.3) is 0 Å². The number of nitro groups is 1. The average molecular weight is 254 g/mol. The van der Waals surface area contributed by atoms with Gasteiger partial charge in [0.2, 0.25) is 5.82 Å². The topological polar surface area (TPSA) is 89.3 Å². The molecule has 0 saturated heterocycles. The van der Waals surface area contributed by atoms with Crippen LogP contribution in [-0.4, -0.2) is 22.7 Å². The molecule has 6 nitrogen and oxygen atoms in total. The third kappa shape index (κ3) is 3.09. The second-order valence-corrected chi connectivity index (χ2v) is 3.73. The van der Waals surface area contributed by atoms with Crippen molar-refractivity contribution in [3.05, 3.63) is 39.7 Å². The fraction of sp³-hybridized carbons (Fsp3) is 0.273. The largest absolute Gasteiger partial charge is 0.343 e. The molecule has 18 heavy (non-hydrogen) atoms. The standard InChI is InChI=1S/C11H11FN2O4/c1-6(7(2)15)13-11(16)8-3-4-9(12)10(5-8)14(17)18/h3-6H,1-2H3,(H,13,16). The zero-order chi connectivity index (χ0) is 13.9. The normalized spacial score (nSPS) is 11.7. The van der Waals surface area contributed by atoms with Crippen molar-refractivity contribution < 1.29 is 18.9 Å². The molecule has 0 aromatic heterocycles. The molecule has 0 aliphatic rings. The minimum absolute atomic E-state index is 0.0730. The first-order chi connectivity index (χ1) is 8.32. The lowest BCUT2D eigenvalue weighted by Crippen LogP contribution is -2.37. The fourth-order valence-corrected chi connectivity index (χ4v) is 1.18. The monoisotopic (exact) mass is 254 g/mol. The molecule has 0 heterocycles. The summed E-state index contributed by atoms with van der Waals surface area (Å²) < 4.78 is 13.0. The van der Waals surface area contributed by atoms with Crippen molar-refractivity contribution in [2.45, 2.75) is 19.9 Å². The van der Waals surface area contributed by atoms with Crippen LogP contribution in [0, 0.1) is 15.9 Å². The van der Waals surface area contributed by atoms with Gasteiger partial charge in [-0.1, -0.05) is 0 Å². The zero-order valence-electron chi connectivity index (χ0n) is 9.77. The minimum Gasteiger partial charge on any atom is -0.343 e. The third-order valence-corrected chi connectivity index (χ3v) is 2.36. The number of nitro benzene ring substituents is 1. The van der Waals surface area contributed by atoms with Gasteiger partial charge in [-0.15, -0.1) is 0 Å². The molecule has 0 saturated carbocycles. The van der Waals surface area contributed by atoms with Crippen molar-refractivity contribution in [2.75, 3.05) is 0 Å². The Morgan fingerprint density at radius 2 is 2.06 bits per heavy atom. The molecule has 1 atom stereocenters. The second-order valence-electron chi connectivity index (χ2n) is 3.73. The Kier molecular flexibility index (Phi) is 4.09. The first kappa shape index (κ1) is 13.8. The van der Waals surface area contributed by atoms with Crippen LogP contribution >= 0.6 is 0 Å². The Balaban J connectivity index is 2.97. The second kappa shape index (κ2) is 5.35. The van der Waals surface area contributed by atoms with Crippen molar-refractivity contribution in [1.29, 1.82) is 0 Å². The predicted molar refractivity (Wildman–Crippen MR) is 60.7 cm³/mol. The van der Waals surface area contributed by atoms with Crippen LogP contribution in [0.1, 0.15) is 24.2 Å². The lowest BCUT2D eigenvalue weighted by molar-refractivity contribution is -0.387. The zero-order valence-corrected chi connectivity index (χ0v) is 9.77. The molecule has 0 bridgehead atoms. The van der Waals surface area contributed by atoms with Crippen molar-refractivity contribution in [3.8, 4) is 0 Å². The van der Waals surface area contributed by atoms with Gasteiger partial charge in [0.05, 0.1) is 11.0 Å². The molecule has 1 rings (SSSR count). The van der Waals surface area contributed by atoms with Gasteiger partial charge >= 0.3 is 5.69 Å². The molecule has 1 aromatic rings. The SMILES string of the molecule is CC(=O)C(C)NC(=O)c1ccc(F)c([N+](=O)[O-])c1. The Hall–Kier alpha value is -2.31. The molecule has 1 unspecified atom stereocenters. The van der Waals surface area contributed by atoms with Gasteiger partial charge in [-0.25, -0.2) is 0 Å². The van der Waals surface area contributed by atoms with E-state index in [1.54, 1.807) is 0 Å². The Labute approximate surface area is 102 Å². The summed E-state index contributed by atoms with van der Waals surface area (Å²) in [6.45, 7) is 2.79. The maximum absolute atomic E-state index is 13.0. The summed E-state index contributed by atoms with van der Waals surface area (Å²) in [6, 6.07) is 2.08. The van der Waals surface area contributed by atoms with Crippen molar-refractivity contribution in [2.24, 2.45) is 0 Å². The van der Waals surface area contributed by atoms with Gasteiger partial charge in [0.1, 0.15) is 0 Å². The number of rotatable bonds is 4. The molecule has 1 N–H and O–H groups in total. The maximum atomic E-state index is 13.0.